The number of tetrazole rings is 1. The first-order valence-corrected chi connectivity index (χ1v) is 8.91. The fraction of sp³-hybridized carbons (Fsp3) is 0.375. The number of nitrogens with zero attached hydrogens (tertiary/aromatic N) is 5. The van der Waals surface area contributed by atoms with E-state index in [1.165, 1.54) is 23.9 Å². The average Bonchev–Trinajstić information content (AvgIpc) is 3.30. The molecule has 3 rings (SSSR count). The summed E-state index contributed by atoms with van der Waals surface area (Å²) in [7, 11) is 0. The van der Waals surface area contributed by atoms with Crippen LogP contribution in [0.15, 0.2) is 34.0 Å². The quantitative estimate of drug-likeness (QED) is 0.448. The molecule has 0 amide bonds. The highest BCUT2D eigenvalue weighted by molar-refractivity contribution is 7.99. The Labute approximate surface area is 156 Å². The Hall–Kier alpha value is -2.56. The van der Waals surface area contributed by atoms with Crippen molar-refractivity contribution in [1.82, 2.24) is 24.8 Å². The van der Waals surface area contributed by atoms with Crippen molar-refractivity contribution in [1.29, 1.82) is 0 Å². The number of hydrogen-bond donors (Lipinski definition) is 0. The summed E-state index contributed by atoms with van der Waals surface area (Å²) < 4.78 is 45.9. The largest absolute Gasteiger partial charge is 0.467 e. The van der Waals surface area contributed by atoms with Gasteiger partial charge in [0.2, 0.25) is 5.16 Å². The number of carbonyl (C=O) groups is 1. The molecule has 3 aromatic rings. The van der Waals surface area contributed by atoms with E-state index in [1.807, 2.05) is 0 Å². The number of carbonyl (C=O) groups excluding carboxylic acids is 1. The monoisotopic (exact) mass is 399 g/mol. The smallest absolute Gasteiger partial charge is 0.406 e. The van der Waals surface area contributed by atoms with Crippen LogP contribution in [-0.4, -0.2) is 42.5 Å². The predicted molar refractivity (Wildman–Crippen MR) is 90.6 cm³/mol. The van der Waals surface area contributed by atoms with Crippen LogP contribution < -0.4 is 0 Å². The van der Waals surface area contributed by atoms with E-state index in [4.69, 9.17) is 4.42 Å². The molecule has 11 heteroatoms. The van der Waals surface area contributed by atoms with Crippen LogP contribution in [0.2, 0.25) is 0 Å². The lowest BCUT2D eigenvalue weighted by Gasteiger charge is -2.12. The molecule has 0 bridgehead atoms. The molecule has 0 spiro atoms. The Morgan fingerprint density at radius 2 is 2.11 bits per heavy atom. The molecule has 0 saturated heterocycles. The first-order chi connectivity index (χ1) is 12.7. The molecule has 0 aliphatic rings. The van der Waals surface area contributed by atoms with Crippen molar-refractivity contribution in [3.8, 4) is 0 Å². The highest BCUT2D eigenvalue weighted by Crippen LogP contribution is 2.25. The van der Waals surface area contributed by atoms with Crippen LogP contribution in [-0.2, 0) is 13.1 Å². The fourth-order valence-electron chi connectivity index (χ4n) is 2.66. The minimum atomic E-state index is -4.35. The van der Waals surface area contributed by atoms with Gasteiger partial charge in [-0.25, -0.2) is 4.68 Å². The minimum Gasteiger partial charge on any atom is -0.467 e. The first kappa shape index (κ1) is 19.2. The Morgan fingerprint density at radius 1 is 1.33 bits per heavy atom. The van der Waals surface area contributed by atoms with Gasteiger partial charge in [0.15, 0.2) is 5.78 Å². The number of rotatable bonds is 7. The zero-order valence-electron chi connectivity index (χ0n) is 14.5. The summed E-state index contributed by atoms with van der Waals surface area (Å²) in [6.07, 6.45) is -2.82. The van der Waals surface area contributed by atoms with Gasteiger partial charge in [0.1, 0.15) is 18.8 Å². The molecule has 0 aromatic carbocycles. The lowest BCUT2D eigenvalue weighted by atomic mass is 10.2. The number of alkyl halides is 3. The van der Waals surface area contributed by atoms with Gasteiger partial charge in [0.05, 0.1) is 12.0 Å². The van der Waals surface area contributed by atoms with Gasteiger partial charge in [0, 0.05) is 17.0 Å². The number of furan rings is 1. The average molecular weight is 399 g/mol. The van der Waals surface area contributed by atoms with Crippen molar-refractivity contribution < 1.29 is 22.4 Å². The van der Waals surface area contributed by atoms with Gasteiger partial charge >= 0.3 is 6.18 Å². The molecule has 0 N–H and O–H groups in total. The summed E-state index contributed by atoms with van der Waals surface area (Å²) in [6.45, 7) is 2.26. The van der Waals surface area contributed by atoms with Crippen molar-refractivity contribution in [2.24, 2.45) is 0 Å². The Balaban J connectivity index is 1.69. The summed E-state index contributed by atoms with van der Waals surface area (Å²) in [6, 6.07) is 5.00. The second-order valence-corrected chi connectivity index (χ2v) is 6.84. The zero-order chi connectivity index (χ0) is 19.6. The van der Waals surface area contributed by atoms with Crippen molar-refractivity contribution in [3.63, 3.8) is 0 Å². The lowest BCUT2D eigenvalue weighted by molar-refractivity contribution is -0.141. The molecule has 3 heterocycles. The lowest BCUT2D eigenvalue weighted by Crippen LogP contribution is -2.19. The van der Waals surface area contributed by atoms with Gasteiger partial charge < -0.3 is 8.98 Å². The van der Waals surface area contributed by atoms with Gasteiger partial charge in [-0.1, -0.05) is 11.8 Å². The number of hydrogen-bond acceptors (Lipinski definition) is 6. The highest BCUT2D eigenvalue weighted by atomic mass is 32.2. The zero-order valence-corrected chi connectivity index (χ0v) is 15.3. The van der Waals surface area contributed by atoms with E-state index >= 15 is 0 Å². The topological polar surface area (TPSA) is 78.7 Å². The van der Waals surface area contributed by atoms with E-state index in [9.17, 15) is 18.0 Å². The van der Waals surface area contributed by atoms with Gasteiger partial charge in [0.25, 0.3) is 0 Å². The molecule has 7 nitrogen and oxygen atoms in total. The fourth-order valence-corrected chi connectivity index (χ4v) is 3.42. The number of Topliss-reactive ketones (excluding diaryl/α,β-unsaturated/α-hetero) is 1. The number of halogens is 3. The van der Waals surface area contributed by atoms with Crippen LogP contribution in [0.3, 0.4) is 0 Å². The first-order valence-electron chi connectivity index (χ1n) is 7.92. The molecule has 144 valence electrons. The van der Waals surface area contributed by atoms with Crippen LogP contribution in [0.1, 0.15) is 27.5 Å². The van der Waals surface area contributed by atoms with Crippen molar-refractivity contribution in [3.05, 3.63) is 47.2 Å². The molecule has 0 aliphatic carbocycles. The third kappa shape index (κ3) is 4.59. The summed E-state index contributed by atoms with van der Waals surface area (Å²) in [5.41, 5.74) is 0.959. The van der Waals surface area contributed by atoms with Crippen LogP contribution in [0.4, 0.5) is 13.2 Å². The molecule has 0 unspecified atom stereocenters. The van der Waals surface area contributed by atoms with Crippen LogP contribution in [0.5, 0.6) is 0 Å². The van der Waals surface area contributed by atoms with E-state index in [1.54, 1.807) is 19.1 Å². The molecule has 0 saturated carbocycles. The SMILES string of the molecule is Cc1cc(C(=O)CSc2nnnn2Cc2ccco2)c(C)n1CC(F)(F)F. The third-order valence-corrected chi connectivity index (χ3v) is 4.89. The Morgan fingerprint density at radius 3 is 2.78 bits per heavy atom. The molecule has 27 heavy (non-hydrogen) atoms. The second-order valence-electron chi connectivity index (χ2n) is 5.90. The Kier molecular flexibility index (Phi) is 5.40. The standard InChI is InChI=1S/C16H16F3N5O2S/c1-10-6-13(11(2)23(10)9-16(17,18)19)14(25)8-27-15-20-21-22-24(15)7-12-4-3-5-26-12/h3-6H,7-9H2,1-2H3. The van der Waals surface area contributed by atoms with Crippen molar-refractivity contribution >= 4 is 17.5 Å². The van der Waals surface area contributed by atoms with Crippen LogP contribution in [0.25, 0.3) is 0 Å². The number of aryl methyl sites for hydroxylation is 1. The van der Waals surface area contributed by atoms with E-state index < -0.39 is 12.7 Å². The Bertz CT molecular complexity index is 931. The highest BCUT2D eigenvalue weighted by Gasteiger charge is 2.30. The molecule has 0 atom stereocenters. The molecular formula is C16H16F3N5O2S. The van der Waals surface area contributed by atoms with E-state index in [0.717, 1.165) is 16.3 Å². The number of ketones is 1. The number of thioether (sulfide) groups is 1. The maximum Gasteiger partial charge on any atom is 0.406 e. The second kappa shape index (κ2) is 7.59. The third-order valence-electron chi connectivity index (χ3n) is 3.93. The van der Waals surface area contributed by atoms with Crippen LogP contribution in [0, 0.1) is 13.8 Å². The summed E-state index contributed by atoms with van der Waals surface area (Å²) in [4.78, 5) is 12.5. The molecule has 0 fully saturated rings. The normalized spacial score (nSPS) is 11.9. The van der Waals surface area contributed by atoms with Crippen molar-refractivity contribution in [2.75, 3.05) is 5.75 Å². The maximum atomic E-state index is 12.7. The van der Waals surface area contributed by atoms with E-state index in [0.29, 0.717) is 28.8 Å². The maximum absolute atomic E-state index is 12.7. The molecule has 0 radical (unpaired) electrons. The summed E-state index contributed by atoms with van der Waals surface area (Å²) in [5.74, 6) is 0.384. The summed E-state index contributed by atoms with van der Waals surface area (Å²) >= 11 is 1.12. The van der Waals surface area contributed by atoms with Crippen LogP contribution >= 0.6 is 11.8 Å². The molecule has 3 aromatic heterocycles. The predicted octanol–water partition coefficient (Wildman–Crippen LogP) is 3.27. The van der Waals surface area contributed by atoms with Gasteiger partial charge in [-0.05, 0) is 42.5 Å². The van der Waals surface area contributed by atoms with Crippen molar-refractivity contribution in [2.45, 2.75) is 38.3 Å². The van der Waals surface area contributed by atoms with Gasteiger partial charge in [-0.3, -0.25) is 4.79 Å². The number of aromatic nitrogens is 5. The molecule has 0 aliphatic heterocycles. The van der Waals surface area contributed by atoms with E-state index in [2.05, 4.69) is 15.5 Å². The molecular weight excluding hydrogens is 383 g/mol. The van der Waals surface area contributed by atoms with Gasteiger partial charge in [-0.15, -0.1) is 5.10 Å². The minimum absolute atomic E-state index is 0.00877. The van der Waals surface area contributed by atoms with E-state index in [-0.39, 0.29) is 17.1 Å². The summed E-state index contributed by atoms with van der Waals surface area (Å²) in [5, 5.41) is 11.7. The van der Waals surface area contributed by atoms with Gasteiger partial charge in [-0.2, -0.15) is 13.2 Å².